The minimum Gasteiger partial charge on any atom is -0.497 e. The second-order valence-corrected chi connectivity index (χ2v) is 19.7. The SMILES string of the molecule is COc1ccc(C(OC[C@H]2O[C@@H](n3ccc(NC(=O)N(C4CCCCC4)C4CCCCC4)nc3=O)C[C@@H]2OP(OCCC#N)N(C(C)C)C(C)C)(c2ccccc2)c2ccc(OC)cc2)cc1. The first-order chi connectivity index (χ1) is 32.6. The van der Waals surface area contributed by atoms with E-state index in [4.69, 9.17) is 28.0 Å². The number of urea groups is 1. The average molecular weight is 937 g/mol. The summed E-state index contributed by atoms with van der Waals surface area (Å²) in [4.78, 5) is 34.7. The summed E-state index contributed by atoms with van der Waals surface area (Å²) >= 11 is 0. The quantitative estimate of drug-likeness (QED) is 0.0512. The van der Waals surface area contributed by atoms with Gasteiger partial charge in [-0.05, 0) is 100 Å². The number of hydrogen-bond donors (Lipinski definition) is 1. The van der Waals surface area contributed by atoms with Crippen LogP contribution in [0.4, 0.5) is 10.6 Å². The van der Waals surface area contributed by atoms with Crippen molar-refractivity contribution in [1.29, 1.82) is 5.26 Å². The molecule has 3 fully saturated rings. The molecule has 2 heterocycles. The summed E-state index contributed by atoms with van der Waals surface area (Å²) in [5.41, 5.74) is 0.886. The molecule has 1 aliphatic heterocycles. The summed E-state index contributed by atoms with van der Waals surface area (Å²) in [5, 5.41) is 12.5. The fourth-order valence-electron chi connectivity index (χ4n) is 10.0. The molecule has 2 amide bonds. The fourth-order valence-corrected chi connectivity index (χ4v) is 11.8. The van der Waals surface area contributed by atoms with E-state index in [1.807, 2.05) is 78.9 Å². The van der Waals surface area contributed by atoms with Gasteiger partial charge in [0.25, 0.3) is 8.53 Å². The van der Waals surface area contributed by atoms with Gasteiger partial charge in [0, 0.05) is 36.8 Å². The van der Waals surface area contributed by atoms with Crippen LogP contribution in [0.2, 0.25) is 0 Å². The van der Waals surface area contributed by atoms with E-state index < -0.39 is 38.3 Å². The molecule has 360 valence electrons. The molecule has 0 bridgehead atoms. The number of carbonyl (C=O) groups is 1. The number of benzene rings is 3. The maximum absolute atomic E-state index is 14.1. The van der Waals surface area contributed by atoms with Gasteiger partial charge in [0.2, 0.25) is 0 Å². The lowest BCUT2D eigenvalue weighted by Gasteiger charge is -2.41. The van der Waals surface area contributed by atoms with Crippen LogP contribution < -0.4 is 20.5 Å². The highest BCUT2D eigenvalue weighted by molar-refractivity contribution is 7.44. The molecule has 15 heteroatoms. The molecule has 1 N–H and O–H groups in total. The minimum atomic E-state index is -1.70. The Balaban J connectivity index is 1.22. The van der Waals surface area contributed by atoms with Crippen LogP contribution in [0.1, 0.15) is 128 Å². The number of amides is 2. The van der Waals surface area contributed by atoms with Gasteiger partial charge in [0.15, 0.2) is 0 Å². The lowest BCUT2D eigenvalue weighted by molar-refractivity contribution is -0.0925. The highest BCUT2D eigenvalue weighted by atomic mass is 31.2. The normalized spacial score (nSPS) is 19.9. The number of aromatic nitrogens is 2. The number of nitrogens with zero attached hydrogens (tertiary/aromatic N) is 5. The van der Waals surface area contributed by atoms with Crippen LogP contribution in [0.25, 0.3) is 0 Å². The van der Waals surface area contributed by atoms with Gasteiger partial charge in [-0.3, -0.25) is 9.88 Å². The molecule has 1 unspecified atom stereocenters. The van der Waals surface area contributed by atoms with E-state index in [2.05, 4.69) is 53.6 Å². The maximum Gasteiger partial charge on any atom is 0.351 e. The molecule has 3 aromatic carbocycles. The highest BCUT2D eigenvalue weighted by Crippen LogP contribution is 2.51. The molecule has 0 radical (unpaired) electrons. The largest absolute Gasteiger partial charge is 0.497 e. The summed E-state index contributed by atoms with van der Waals surface area (Å²) in [6.45, 7) is 8.59. The Morgan fingerprint density at radius 2 is 1.39 bits per heavy atom. The third-order valence-electron chi connectivity index (χ3n) is 13.3. The van der Waals surface area contributed by atoms with E-state index >= 15 is 0 Å². The number of nitriles is 1. The summed E-state index contributed by atoms with van der Waals surface area (Å²) in [5.74, 6) is 1.62. The predicted octanol–water partition coefficient (Wildman–Crippen LogP) is 10.7. The van der Waals surface area contributed by atoms with Gasteiger partial charge in [-0.2, -0.15) is 10.2 Å². The zero-order valence-electron chi connectivity index (χ0n) is 40.1. The Morgan fingerprint density at radius 3 is 1.90 bits per heavy atom. The van der Waals surface area contributed by atoms with Gasteiger partial charge < -0.3 is 32.9 Å². The molecular formula is C52H69N6O8P. The first-order valence-electron chi connectivity index (χ1n) is 24.1. The van der Waals surface area contributed by atoms with Gasteiger partial charge in [0.05, 0.1) is 46.0 Å². The van der Waals surface area contributed by atoms with Crippen LogP contribution in [-0.4, -0.2) is 89.0 Å². The zero-order valence-corrected chi connectivity index (χ0v) is 40.9. The standard InChI is InChI=1S/C52H69N6O8P/c1-37(2)58(38(3)4)67(64-34-16-32-53)66-46-35-49(56-33-31-48(54-50(56)59)55-51(60)57(42-19-12-8-13-20-42)43-21-14-9-15-22-43)65-47(46)36-63-52(39-17-10-7-11-18-39,40-23-27-44(61-5)28-24-40)41-25-29-45(62-6)30-26-41/h7,10-11,17-18,23-31,33,37-38,42-43,46-47,49H,8-9,12-16,19-22,34-36H2,1-6H3,(H,54,55,59,60)/t46-,47+,49+,67?/m0/s1. The molecule has 67 heavy (non-hydrogen) atoms. The van der Waals surface area contributed by atoms with E-state index in [1.54, 1.807) is 26.5 Å². The summed E-state index contributed by atoms with van der Waals surface area (Å²) in [6, 6.07) is 29.9. The van der Waals surface area contributed by atoms with Crippen molar-refractivity contribution in [2.24, 2.45) is 0 Å². The topological polar surface area (TPSA) is 150 Å². The van der Waals surface area contributed by atoms with Gasteiger partial charge >= 0.3 is 11.7 Å². The Kier molecular flexibility index (Phi) is 17.9. The highest BCUT2D eigenvalue weighted by Gasteiger charge is 2.45. The van der Waals surface area contributed by atoms with E-state index in [0.717, 1.165) is 68.1 Å². The summed E-state index contributed by atoms with van der Waals surface area (Å²) < 4.78 is 42.5. The Hall–Kier alpha value is -4.87. The van der Waals surface area contributed by atoms with Crippen molar-refractivity contribution >= 4 is 20.4 Å². The van der Waals surface area contributed by atoms with Crippen LogP contribution in [0.3, 0.4) is 0 Å². The van der Waals surface area contributed by atoms with Crippen LogP contribution in [0, 0.1) is 11.3 Å². The van der Waals surface area contributed by atoms with Gasteiger partial charge in [0.1, 0.15) is 35.2 Å². The van der Waals surface area contributed by atoms with Crippen LogP contribution in [-0.2, 0) is 24.1 Å². The molecule has 2 aliphatic carbocycles. The average Bonchev–Trinajstić information content (AvgIpc) is 3.74. The summed E-state index contributed by atoms with van der Waals surface area (Å²) in [7, 11) is 1.58. The number of anilines is 1. The number of nitrogens with one attached hydrogen (secondary N) is 1. The number of methoxy groups -OCH3 is 2. The Bertz CT molecular complexity index is 2190. The monoisotopic (exact) mass is 936 g/mol. The number of carbonyl (C=O) groups excluding carboxylic acids is 1. The minimum absolute atomic E-state index is 0.0351. The fraction of sp³-hybridized carbons (Fsp3) is 0.538. The van der Waals surface area contributed by atoms with Crippen molar-refractivity contribution in [3.05, 3.63) is 118 Å². The van der Waals surface area contributed by atoms with Crippen LogP contribution in [0.15, 0.2) is 95.9 Å². The molecule has 14 nitrogen and oxygen atoms in total. The maximum atomic E-state index is 14.1. The van der Waals surface area contributed by atoms with E-state index in [0.29, 0.717) is 11.5 Å². The first kappa shape index (κ1) is 50.0. The third-order valence-corrected chi connectivity index (χ3v) is 15.4. The lowest BCUT2D eigenvalue weighted by atomic mass is 9.80. The summed E-state index contributed by atoms with van der Waals surface area (Å²) in [6.07, 6.45) is 10.8. The predicted molar refractivity (Wildman–Crippen MR) is 260 cm³/mol. The molecule has 4 aromatic rings. The molecule has 1 aromatic heterocycles. The zero-order chi connectivity index (χ0) is 47.3. The number of rotatable bonds is 20. The van der Waals surface area contributed by atoms with E-state index in [1.165, 1.54) is 17.4 Å². The molecule has 1 saturated heterocycles. The van der Waals surface area contributed by atoms with Crippen molar-refractivity contribution in [2.45, 2.75) is 153 Å². The van der Waals surface area contributed by atoms with Crippen molar-refractivity contribution < 1.29 is 32.8 Å². The molecule has 0 spiro atoms. The number of ether oxygens (including phenoxy) is 4. The Labute approximate surface area is 397 Å². The molecule has 2 saturated carbocycles. The van der Waals surface area contributed by atoms with E-state index in [-0.39, 0.29) is 62.1 Å². The molecule has 3 aliphatic rings. The van der Waals surface area contributed by atoms with Crippen molar-refractivity contribution in [3.8, 4) is 17.6 Å². The van der Waals surface area contributed by atoms with Gasteiger partial charge in [-0.15, -0.1) is 0 Å². The second-order valence-electron chi connectivity index (χ2n) is 18.3. The van der Waals surface area contributed by atoms with Crippen molar-refractivity contribution in [2.75, 3.05) is 32.8 Å². The molecule has 7 rings (SSSR count). The van der Waals surface area contributed by atoms with Crippen molar-refractivity contribution in [3.63, 3.8) is 0 Å². The smallest absolute Gasteiger partial charge is 0.351 e. The molecular weight excluding hydrogens is 868 g/mol. The van der Waals surface area contributed by atoms with Crippen LogP contribution >= 0.6 is 8.53 Å². The van der Waals surface area contributed by atoms with E-state index in [9.17, 15) is 14.9 Å². The van der Waals surface area contributed by atoms with Crippen molar-refractivity contribution in [1.82, 2.24) is 19.1 Å². The lowest BCUT2D eigenvalue weighted by Crippen LogP contribution is -2.50. The second kappa shape index (κ2) is 23.9. The third kappa shape index (κ3) is 12.1. The van der Waals surface area contributed by atoms with Gasteiger partial charge in [-0.1, -0.05) is 93.1 Å². The van der Waals surface area contributed by atoms with Gasteiger partial charge in [-0.25, -0.2) is 14.3 Å². The van der Waals surface area contributed by atoms with Crippen LogP contribution in [0.5, 0.6) is 11.5 Å². The number of hydrogen-bond acceptors (Lipinski definition) is 11. The first-order valence-corrected chi connectivity index (χ1v) is 25.3. The Morgan fingerprint density at radius 1 is 0.836 bits per heavy atom. The molecule has 4 atom stereocenters.